The van der Waals surface area contributed by atoms with Crippen molar-refractivity contribution in [1.82, 2.24) is 4.90 Å². The number of rotatable bonds is 7. The fourth-order valence-electron chi connectivity index (χ4n) is 3.71. The van der Waals surface area contributed by atoms with Gasteiger partial charge in [0.05, 0.1) is 24.3 Å². The van der Waals surface area contributed by atoms with Crippen molar-refractivity contribution < 1.29 is 23.9 Å². The standard InChI is InChI=1S/C24H27N3O5/c1-5-32-23(30)17-9-7-10-18(13-17)25-21(28)14-20-22(29)27(24(31)26(20)15(2)3)19-11-6-8-16(4)12-19/h6-13,15,20H,5,14H2,1-4H3,(H,25,28). The van der Waals surface area contributed by atoms with Gasteiger partial charge < -0.3 is 15.0 Å². The van der Waals surface area contributed by atoms with E-state index < -0.39 is 29.9 Å². The number of ether oxygens (including phenoxy) is 1. The Kier molecular flexibility index (Phi) is 6.92. The molecule has 1 heterocycles. The number of nitrogens with zero attached hydrogens (tertiary/aromatic N) is 2. The van der Waals surface area contributed by atoms with Gasteiger partial charge in [-0.1, -0.05) is 18.2 Å². The smallest absolute Gasteiger partial charge is 0.338 e. The Morgan fingerprint density at radius 2 is 1.81 bits per heavy atom. The van der Waals surface area contributed by atoms with Gasteiger partial charge in [0.2, 0.25) is 5.91 Å². The number of amides is 4. The number of imide groups is 1. The quantitative estimate of drug-likeness (QED) is 0.526. The summed E-state index contributed by atoms with van der Waals surface area (Å²) >= 11 is 0. The molecule has 2 aromatic rings. The summed E-state index contributed by atoms with van der Waals surface area (Å²) in [5, 5.41) is 2.71. The number of carbonyl (C=O) groups excluding carboxylic acids is 4. The van der Waals surface area contributed by atoms with Crippen LogP contribution in [0.25, 0.3) is 0 Å². The summed E-state index contributed by atoms with van der Waals surface area (Å²) in [5.41, 5.74) is 2.12. The average molecular weight is 437 g/mol. The summed E-state index contributed by atoms with van der Waals surface area (Å²) in [6.07, 6.45) is -0.200. The third kappa shape index (κ3) is 4.80. The number of hydrogen-bond acceptors (Lipinski definition) is 5. The molecule has 8 nitrogen and oxygen atoms in total. The summed E-state index contributed by atoms with van der Waals surface area (Å²) in [6.45, 7) is 7.45. The maximum atomic E-state index is 13.2. The molecule has 32 heavy (non-hydrogen) atoms. The van der Waals surface area contributed by atoms with Crippen LogP contribution in [0.15, 0.2) is 48.5 Å². The fourth-order valence-corrected chi connectivity index (χ4v) is 3.71. The molecule has 1 aliphatic heterocycles. The van der Waals surface area contributed by atoms with E-state index in [1.807, 2.05) is 13.0 Å². The second-order valence-electron chi connectivity index (χ2n) is 7.87. The van der Waals surface area contributed by atoms with Crippen molar-refractivity contribution >= 4 is 35.2 Å². The molecule has 168 valence electrons. The van der Waals surface area contributed by atoms with Crippen LogP contribution in [0.1, 0.15) is 43.1 Å². The van der Waals surface area contributed by atoms with Crippen LogP contribution in [0.3, 0.4) is 0 Å². The lowest BCUT2D eigenvalue weighted by atomic mass is 10.1. The summed E-state index contributed by atoms with van der Waals surface area (Å²) < 4.78 is 4.98. The molecule has 4 amide bonds. The molecule has 1 aliphatic rings. The molecule has 0 radical (unpaired) electrons. The molecule has 1 N–H and O–H groups in total. The van der Waals surface area contributed by atoms with Crippen LogP contribution < -0.4 is 10.2 Å². The number of esters is 1. The van der Waals surface area contributed by atoms with E-state index in [9.17, 15) is 19.2 Å². The largest absolute Gasteiger partial charge is 0.462 e. The van der Waals surface area contributed by atoms with Crippen molar-refractivity contribution in [3.63, 3.8) is 0 Å². The first kappa shape index (κ1) is 23.0. The molecule has 2 aromatic carbocycles. The maximum absolute atomic E-state index is 13.2. The number of hydrogen-bond donors (Lipinski definition) is 1. The predicted octanol–water partition coefficient (Wildman–Crippen LogP) is 3.75. The third-order valence-electron chi connectivity index (χ3n) is 5.11. The van der Waals surface area contributed by atoms with Gasteiger partial charge in [-0.05, 0) is 63.6 Å². The first-order valence-electron chi connectivity index (χ1n) is 10.5. The molecule has 0 aliphatic carbocycles. The molecule has 1 saturated heterocycles. The number of anilines is 2. The van der Waals surface area contributed by atoms with Crippen LogP contribution in [0.5, 0.6) is 0 Å². The lowest BCUT2D eigenvalue weighted by molar-refractivity contribution is -0.124. The van der Waals surface area contributed by atoms with Crippen molar-refractivity contribution in [2.45, 2.75) is 46.2 Å². The first-order chi connectivity index (χ1) is 15.2. The van der Waals surface area contributed by atoms with Gasteiger partial charge in [-0.15, -0.1) is 0 Å². The lowest BCUT2D eigenvalue weighted by Crippen LogP contribution is -2.42. The Bertz CT molecular complexity index is 1050. The monoisotopic (exact) mass is 437 g/mol. The minimum absolute atomic E-state index is 0.200. The number of nitrogens with one attached hydrogen (secondary N) is 1. The number of aryl methyl sites for hydroxylation is 1. The van der Waals surface area contributed by atoms with Crippen molar-refractivity contribution in [2.75, 3.05) is 16.8 Å². The highest BCUT2D eigenvalue weighted by Gasteiger charge is 2.47. The molecule has 0 saturated carbocycles. The van der Waals surface area contributed by atoms with Gasteiger partial charge in [0.25, 0.3) is 5.91 Å². The molecule has 8 heteroatoms. The SMILES string of the molecule is CCOC(=O)c1cccc(NC(=O)CC2C(=O)N(c3cccc(C)c3)C(=O)N2C(C)C)c1. The van der Waals surface area contributed by atoms with Gasteiger partial charge in [0.1, 0.15) is 6.04 Å². The predicted molar refractivity (Wildman–Crippen MR) is 120 cm³/mol. The topological polar surface area (TPSA) is 96.0 Å². The van der Waals surface area contributed by atoms with Crippen LogP contribution in [0.4, 0.5) is 16.2 Å². The fraction of sp³-hybridized carbons (Fsp3) is 0.333. The second kappa shape index (κ2) is 9.64. The molecule has 0 bridgehead atoms. The van der Waals surface area contributed by atoms with E-state index in [1.165, 1.54) is 11.0 Å². The van der Waals surface area contributed by atoms with Crippen molar-refractivity contribution in [3.8, 4) is 0 Å². The van der Waals surface area contributed by atoms with E-state index in [1.54, 1.807) is 57.2 Å². The summed E-state index contributed by atoms with van der Waals surface area (Å²) in [7, 11) is 0. The highest BCUT2D eigenvalue weighted by Crippen LogP contribution is 2.29. The number of benzene rings is 2. The zero-order valence-corrected chi connectivity index (χ0v) is 18.6. The van der Waals surface area contributed by atoms with E-state index in [0.29, 0.717) is 16.9 Å². The number of carbonyl (C=O) groups is 4. The van der Waals surface area contributed by atoms with Crippen LogP contribution in [-0.2, 0) is 14.3 Å². The zero-order valence-electron chi connectivity index (χ0n) is 18.6. The van der Waals surface area contributed by atoms with E-state index in [2.05, 4.69) is 5.32 Å². The summed E-state index contributed by atoms with van der Waals surface area (Å²) in [5.74, 6) is -1.36. The van der Waals surface area contributed by atoms with Crippen LogP contribution >= 0.6 is 0 Å². The van der Waals surface area contributed by atoms with E-state index in [0.717, 1.165) is 10.5 Å². The van der Waals surface area contributed by atoms with Crippen molar-refractivity contribution in [1.29, 1.82) is 0 Å². The Labute approximate surface area is 187 Å². The van der Waals surface area contributed by atoms with E-state index in [4.69, 9.17) is 4.74 Å². The van der Waals surface area contributed by atoms with Gasteiger partial charge in [-0.2, -0.15) is 0 Å². The normalized spacial score (nSPS) is 16.0. The van der Waals surface area contributed by atoms with Gasteiger partial charge >= 0.3 is 12.0 Å². The molecule has 0 spiro atoms. The minimum atomic E-state index is -0.920. The first-order valence-corrected chi connectivity index (χ1v) is 10.5. The number of urea groups is 1. The highest BCUT2D eigenvalue weighted by molar-refractivity contribution is 6.22. The van der Waals surface area contributed by atoms with Gasteiger partial charge in [0.15, 0.2) is 0 Å². The van der Waals surface area contributed by atoms with Crippen LogP contribution in [0.2, 0.25) is 0 Å². The highest BCUT2D eigenvalue weighted by atomic mass is 16.5. The molecular weight excluding hydrogens is 410 g/mol. The molecule has 1 fully saturated rings. The molecule has 3 rings (SSSR count). The van der Waals surface area contributed by atoms with E-state index in [-0.39, 0.29) is 19.1 Å². The van der Waals surface area contributed by atoms with Crippen LogP contribution in [-0.4, -0.2) is 47.4 Å². The summed E-state index contributed by atoms with van der Waals surface area (Å²) in [6, 6.07) is 11.9. The molecule has 0 aromatic heterocycles. The second-order valence-corrected chi connectivity index (χ2v) is 7.87. The lowest BCUT2D eigenvalue weighted by Gasteiger charge is -2.25. The third-order valence-corrected chi connectivity index (χ3v) is 5.11. The average Bonchev–Trinajstić information content (AvgIpc) is 2.97. The van der Waals surface area contributed by atoms with Crippen molar-refractivity contribution in [2.24, 2.45) is 0 Å². The van der Waals surface area contributed by atoms with Gasteiger partial charge in [-0.25, -0.2) is 14.5 Å². The Morgan fingerprint density at radius 3 is 2.47 bits per heavy atom. The van der Waals surface area contributed by atoms with Crippen LogP contribution in [0, 0.1) is 6.92 Å². The van der Waals surface area contributed by atoms with E-state index >= 15 is 0 Å². The van der Waals surface area contributed by atoms with Gasteiger partial charge in [0, 0.05) is 11.7 Å². The molecular formula is C24H27N3O5. The molecule has 1 unspecified atom stereocenters. The van der Waals surface area contributed by atoms with Crippen molar-refractivity contribution in [3.05, 3.63) is 59.7 Å². The Morgan fingerprint density at radius 1 is 1.09 bits per heavy atom. The minimum Gasteiger partial charge on any atom is -0.462 e. The zero-order chi connectivity index (χ0) is 23.4. The maximum Gasteiger partial charge on any atom is 0.338 e. The Hall–Kier alpha value is -3.68. The Balaban J connectivity index is 1.78. The molecule has 1 atom stereocenters. The van der Waals surface area contributed by atoms with Gasteiger partial charge in [-0.3, -0.25) is 9.59 Å². The summed E-state index contributed by atoms with van der Waals surface area (Å²) in [4.78, 5) is 53.5.